The lowest BCUT2D eigenvalue weighted by molar-refractivity contribution is -0.119. The van der Waals surface area contributed by atoms with Gasteiger partial charge in [0.15, 0.2) is 17.3 Å². The molecule has 3 atom stereocenters. The van der Waals surface area contributed by atoms with Gasteiger partial charge in [-0.1, -0.05) is 94.7 Å². The Labute approximate surface area is 533 Å². The molecule has 0 aliphatic heterocycles. The number of Topliss-reactive ketones (excluding diaryl/α,β-unsaturated/α-hetero) is 3. The molecular weight excluding hydrogens is 1200 g/mol. The van der Waals surface area contributed by atoms with Crippen LogP contribution in [0, 0.1) is 33.7 Å². The number of nitrogens with zero attached hydrogens (tertiary/aromatic N) is 3. The van der Waals surface area contributed by atoms with Crippen molar-refractivity contribution in [2.75, 3.05) is 0 Å². The summed E-state index contributed by atoms with van der Waals surface area (Å²) in [7, 11) is 0. The monoisotopic (exact) mass is 1280 g/mol. The summed E-state index contributed by atoms with van der Waals surface area (Å²) < 4.78 is 127. The van der Waals surface area contributed by atoms with Gasteiger partial charge in [-0.2, -0.15) is 15.3 Å². The van der Waals surface area contributed by atoms with Gasteiger partial charge < -0.3 is 0 Å². The molecule has 1 unspecified atom stereocenters. The highest BCUT2D eigenvalue weighted by Crippen LogP contribution is 2.65. The first-order chi connectivity index (χ1) is 43.8. The van der Waals surface area contributed by atoms with Crippen LogP contribution in [0.2, 0.25) is 0 Å². The van der Waals surface area contributed by atoms with Crippen LogP contribution in [-0.4, -0.2) is 65.7 Å². The Morgan fingerprint density at radius 3 is 0.892 bits per heavy atom. The molecule has 486 valence electrons. The summed E-state index contributed by atoms with van der Waals surface area (Å²) in [5, 5.41) is 23.0. The van der Waals surface area contributed by atoms with E-state index in [2.05, 4.69) is 72.1 Å². The average Bonchev–Trinajstić information content (AvgIpc) is 1.61. The smallest absolute Gasteiger partial charge is 0.249 e. The van der Waals surface area contributed by atoms with Gasteiger partial charge in [0, 0.05) is 145 Å². The number of carbonyl (C=O) groups excluding carboxylic acids is 3. The number of hydrogen-bond donors (Lipinski definition) is 3. The molecule has 3 aromatic heterocycles. The minimum atomic E-state index is -2.66. The standard InChI is InChI=1S/3C25H25F3N2O/c3*1-23(2)9-13-8-18-21(22(30-29-18)14-10-24(27,28)11-14)25(20(13)19(31)12-23)7-6-15-16(25)4-3-5-17(15)26/h3*3-5,14H,6-12H2,1-2H3,(H,29,30)/t2*25-;/m10./s1. The molecule has 12 aliphatic rings. The minimum absolute atomic E-state index is 0.111. The molecule has 0 bridgehead atoms. The quantitative estimate of drug-likeness (QED) is 0.151. The summed E-state index contributed by atoms with van der Waals surface area (Å²) >= 11 is 0. The van der Waals surface area contributed by atoms with Gasteiger partial charge in [0.1, 0.15) is 17.5 Å². The molecule has 18 heteroatoms. The third-order valence-corrected chi connectivity index (χ3v) is 23.6. The maximum absolute atomic E-state index is 14.8. The second-order valence-corrected chi connectivity index (χ2v) is 32.1. The number of nitrogens with one attached hydrogen (secondary N) is 3. The zero-order valence-corrected chi connectivity index (χ0v) is 53.2. The van der Waals surface area contributed by atoms with Crippen molar-refractivity contribution in [2.24, 2.45) is 16.2 Å². The van der Waals surface area contributed by atoms with E-state index < -0.39 is 34.0 Å². The number of carbonyl (C=O) groups is 3. The predicted octanol–water partition coefficient (Wildman–Crippen LogP) is 16.6. The van der Waals surface area contributed by atoms with Crippen molar-refractivity contribution in [3.8, 4) is 0 Å². The summed E-state index contributed by atoms with van der Waals surface area (Å²) in [5.74, 6) is -9.41. The molecule has 3 saturated carbocycles. The van der Waals surface area contributed by atoms with Crippen LogP contribution >= 0.6 is 0 Å². The third-order valence-electron chi connectivity index (χ3n) is 23.6. The summed E-state index contributed by atoms with van der Waals surface area (Å²) in [4.78, 5) is 40.8. The number of benzene rings is 3. The molecule has 9 nitrogen and oxygen atoms in total. The Kier molecular flexibility index (Phi) is 13.1. The second-order valence-electron chi connectivity index (χ2n) is 32.1. The van der Waals surface area contributed by atoms with Crippen molar-refractivity contribution in [2.45, 2.75) is 228 Å². The van der Waals surface area contributed by atoms with Crippen molar-refractivity contribution in [1.82, 2.24) is 30.6 Å². The van der Waals surface area contributed by atoms with Gasteiger partial charge in [-0.05, 0) is 126 Å². The van der Waals surface area contributed by atoms with E-state index in [4.69, 9.17) is 0 Å². The predicted molar refractivity (Wildman–Crippen MR) is 329 cm³/mol. The molecule has 3 spiro atoms. The Bertz CT molecular complexity index is 3940. The van der Waals surface area contributed by atoms with Crippen molar-refractivity contribution >= 4 is 17.3 Å². The van der Waals surface area contributed by atoms with Crippen molar-refractivity contribution in [3.63, 3.8) is 0 Å². The Balaban J connectivity index is 0.000000111. The van der Waals surface area contributed by atoms with Gasteiger partial charge in [-0.3, -0.25) is 29.7 Å². The van der Waals surface area contributed by atoms with Crippen LogP contribution in [0.3, 0.4) is 0 Å². The number of alkyl halides is 6. The van der Waals surface area contributed by atoms with Gasteiger partial charge in [0.25, 0.3) is 0 Å². The zero-order chi connectivity index (χ0) is 65.3. The molecule has 6 aromatic rings. The Morgan fingerprint density at radius 1 is 0.387 bits per heavy atom. The summed E-state index contributed by atoms with van der Waals surface area (Å²) in [5.41, 5.74) is 14.7. The van der Waals surface area contributed by atoms with E-state index in [0.717, 1.165) is 103 Å². The van der Waals surface area contributed by atoms with E-state index in [1.165, 1.54) is 18.2 Å². The molecule has 3 N–H and O–H groups in total. The van der Waals surface area contributed by atoms with Crippen molar-refractivity contribution in [3.05, 3.63) is 190 Å². The highest BCUT2D eigenvalue weighted by atomic mass is 19.3. The van der Waals surface area contributed by atoms with Gasteiger partial charge in [0.05, 0.1) is 33.3 Å². The first kappa shape index (κ1) is 60.8. The van der Waals surface area contributed by atoms with E-state index >= 15 is 0 Å². The largest absolute Gasteiger partial charge is 0.294 e. The average molecular weight is 1280 g/mol. The van der Waals surface area contributed by atoms with Gasteiger partial charge >= 0.3 is 0 Å². The molecule has 3 heterocycles. The highest BCUT2D eigenvalue weighted by molar-refractivity contribution is 6.04. The molecular formula is C75H75F9N6O3. The molecule has 18 rings (SSSR count). The Hall–Kier alpha value is -7.11. The van der Waals surface area contributed by atoms with Gasteiger partial charge in [-0.25, -0.2) is 39.5 Å². The lowest BCUT2D eigenvalue weighted by Crippen LogP contribution is -2.43. The number of allylic oxidation sites excluding steroid dienone is 6. The molecule has 3 fully saturated rings. The number of rotatable bonds is 3. The van der Waals surface area contributed by atoms with Gasteiger partial charge in [0.2, 0.25) is 17.8 Å². The number of hydrogen-bond acceptors (Lipinski definition) is 6. The maximum Gasteiger partial charge on any atom is 0.249 e. The fourth-order valence-electron chi connectivity index (χ4n) is 20.4. The van der Waals surface area contributed by atoms with Crippen LogP contribution in [0.5, 0.6) is 0 Å². The highest BCUT2D eigenvalue weighted by Gasteiger charge is 2.61. The number of aromatic nitrogens is 6. The van der Waals surface area contributed by atoms with Crippen LogP contribution in [0.1, 0.15) is 240 Å². The van der Waals surface area contributed by atoms with Crippen LogP contribution in [0.25, 0.3) is 0 Å². The van der Waals surface area contributed by atoms with Crippen molar-refractivity contribution < 1.29 is 53.9 Å². The number of fused-ring (bicyclic) bond motifs is 15. The summed E-state index contributed by atoms with van der Waals surface area (Å²) in [6, 6.07) is 15.3. The minimum Gasteiger partial charge on any atom is -0.294 e. The van der Waals surface area contributed by atoms with Crippen LogP contribution in [0.4, 0.5) is 39.5 Å². The topological polar surface area (TPSA) is 137 Å². The maximum atomic E-state index is 14.8. The fourth-order valence-corrected chi connectivity index (χ4v) is 20.4. The van der Waals surface area contributed by atoms with Crippen LogP contribution < -0.4 is 0 Å². The second kappa shape index (κ2) is 20.0. The molecule has 0 amide bonds. The first-order valence-corrected chi connectivity index (χ1v) is 33.3. The third kappa shape index (κ3) is 9.05. The normalized spacial score (nSPS) is 28.4. The molecule has 12 aliphatic carbocycles. The SMILES string of the molecule is CC1(C)CC(=O)C2=C(Cc3[nH]nc(C4CC(F)(F)C4)c3C23CCc2c(F)cccc23)C1.CC1(C)CC(=O)C2=C(Cc3[nH]nc(C4CC(F)(F)C4)c3[C@@]23CCc2c(F)cccc23)C1.CC1(C)CC(=O)C2=C(Cc3[nH]nc(C4CC(F)(F)C4)c3[C@]23CCc2c(F)cccc23)C1. The van der Waals surface area contributed by atoms with E-state index in [9.17, 15) is 53.9 Å². The van der Waals surface area contributed by atoms with E-state index in [0.29, 0.717) is 111 Å². The lowest BCUT2D eigenvalue weighted by Gasteiger charge is -2.45. The Morgan fingerprint density at radius 2 is 0.645 bits per heavy atom. The number of ketones is 3. The number of H-pyrrole nitrogens is 3. The first-order valence-electron chi connectivity index (χ1n) is 33.3. The van der Waals surface area contributed by atoms with Crippen LogP contribution in [-0.2, 0) is 69.2 Å². The summed E-state index contributed by atoms with van der Waals surface area (Å²) in [6.07, 6.45) is 7.51. The fraction of sp³-hybridized carbons (Fsp3) is 0.520. The summed E-state index contributed by atoms with van der Waals surface area (Å²) in [6.45, 7) is 12.6. The molecule has 3 aromatic carbocycles. The van der Waals surface area contributed by atoms with Crippen molar-refractivity contribution in [1.29, 1.82) is 0 Å². The molecule has 0 radical (unpaired) electrons. The van der Waals surface area contributed by atoms with E-state index in [1.807, 2.05) is 18.2 Å². The number of aromatic amines is 3. The van der Waals surface area contributed by atoms with Crippen LogP contribution in [0.15, 0.2) is 88.0 Å². The van der Waals surface area contributed by atoms with E-state index in [-0.39, 0.29) is 107 Å². The molecule has 0 saturated heterocycles. The number of halogens is 9. The van der Waals surface area contributed by atoms with Gasteiger partial charge in [-0.15, -0.1) is 0 Å². The lowest BCUT2D eigenvalue weighted by atomic mass is 9.57. The zero-order valence-electron chi connectivity index (χ0n) is 53.2. The van der Waals surface area contributed by atoms with E-state index in [1.54, 1.807) is 18.2 Å². The molecule has 93 heavy (non-hydrogen) atoms.